The van der Waals surface area contributed by atoms with Crippen LogP contribution in [0.1, 0.15) is 28.2 Å². The summed E-state index contributed by atoms with van der Waals surface area (Å²) >= 11 is 1.19. The quantitative estimate of drug-likeness (QED) is 0.782. The summed E-state index contributed by atoms with van der Waals surface area (Å²) in [6.07, 6.45) is 0.941. The molecule has 0 atom stereocenters. The minimum Gasteiger partial charge on any atom is -0.494 e. The Morgan fingerprint density at radius 1 is 1.25 bits per heavy atom. The van der Waals surface area contributed by atoms with Gasteiger partial charge in [0.25, 0.3) is 5.91 Å². The SMILES string of the molecule is Cc1nc(NC(=O)CCCOc2ccccc2)sc1C(=O)N(C)C. The fourth-order valence-electron chi connectivity index (χ4n) is 1.97. The van der Waals surface area contributed by atoms with Gasteiger partial charge in [-0.3, -0.25) is 9.59 Å². The molecule has 1 heterocycles. The lowest BCUT2D eigenvalue weighted by atomic mass is 10.3. The van der Waals surface area contributed by atoms with E-state index in [1.807, 2.05) is 30.3 Å². The predicted octanol–water partition coefficient (Wildman–Crippen LogP) is 2.95. The largest absolute Gasteiger partial charge is 0.494 e. The molecule has 7 heteroatoms. The summed E-state index contributed by atoms with van der Waals surface area (Å²) in [5.74, 6) is 0.548. The summed E-state index contributed by atoms with van der Waals surface area (Å²) in [6, 6.07) is 9.48. The molecular weight excluding hydrogens is 326 g/mol. The van der Waals surface area contributed by atoms with Crippen LogP contribution in [0.5, 0.6) is 5.75 Å². The molecule has 6 nitrogen and oxygen atoms in total. The number of para-hydroxylation sites is 1. The molecule has 2 rings (SSSR count). The fraction of sp³-hybridized carbons (Fsp3) is 0.353. The van der Waals surface area contributed by atoms with Gasteiger partial charge in [0.15, 0.2) is 5.13 Å². The number of rotatable bonds is 7. The van der Waals surface area contributed by atoms with Gasteiger partial charge >= 0.3 is 0 Å². The van der Waals surface area contributed by atoms with Crippen LogP contribution < -0.4 is 10.1 Å². The molecule has 0 unspecified atom stereocenters. The maximum absolute atomic E-state index is 12.0. The lowest BCUT2D eigenvalue weighted by molar-refractivity contribution is -0.116. The van der Waals surface area contributed by atoms with Crippen LogP contribution in [0.15, 0.2) is 30.3 Å². The van der Waals surface area contributed by atoms with Gasteiger partial charge in [-0.15, -0.1) is 0 Å². The number of carbonyl (C=O) groups excluding carboxylic acids is 2. The fourth-order valence-corrected chi connectivity index (χ4v) is 2.98. The number of nitrogens with one attached hydrogen (secondary N) is 1. The first kappa shape index (κ1) is 17.9. The zero-order valence-electron chi connectivity index (χ0n) is 14.0. The Morgan fingerprint density at radius 3 is 2.62 bits per heavy atom. The van der Waals surface area contributed by atoms with Crippen LogP contribution >= 0.6 is 11.3 Å². The van der Waals surface area contributed by atoms with Gasteiger partial charge < -0.3 is 15.0 Å². The molecular formula is C17H21N3O3S. The van der Waals surface area contributed by atoms with E-state index in [0.29, 0.717) is 35.2 Å². The molecule has 1 N–H and O–H groups in total. The number of aromatic nitrogens is 1. The lowest BCUT2D eigenvalue weighted by Gasteiger charge is -2.07. The first-order valence-corrected chi connectivity index (χ1v) is 8.46. The second-order valence-corrected chi connectivity index (χ2v) is 6.45. The molecule has 0 radical (unpaired) electrons. The summed E-state index contributed by atoms with van der Waals surface area (Å²) in [5.41, 5.74) is 0.626. The topological polar surface area (TPSA) is 71.5 Å². The normalized spacial score (nSPS) is 10.3. The average Bonchev–Trinajstić information content (AvgIpc) is 2.92. The highest BCUT2D eigenvalue weighted by Crippen LogP contribution is 2.23. The second kappa shape index (κ2) is 8.44. The number of hydrogen-bond donors (Lipinski definition) is 1. The van der Waals surface area contributed by atoms with Crippen molar-refractivity contribution in [2.75, 3.05) is 26.0 Å². The summed E-state index contributed by atoms with van der Waals surface area (Å²) in [6.45, 7) is 2.23. The van der Waals surface area contributed by atoms with Gasteiger partial charge in [0.1, 0.15) is 10.6 Å². The van der Waals surface area contributed by atoms with Crippen molar-refractivity contribution >= 4 is 28.3 Å². The monoisotopic (exact) mass is 347 g/mol. The highest BCUT2D eigenvalue weighted by molar-refractivity contribution is 7.17. The molecule has 0 fully saturated rings. The van der Waals surface area contributed by atoms with Crippen LogP contribution in [0.3, 0.4) is 0 Å². The molecule has 24 heavy (non-hydrogen) atoms. The van der Waals surface area contributed by atoms with Gasteiger partial charge in [-0.25, -0.2) is 4.98 Å². The van der Waals surface area contributed by atoms with Gasteiger partial charge in [0.05, 0.1) is 12.3 Å². The van der Waals surface area contributed by atoms with E-state index in [2.05, 4.69) is 10.3 Å². The highest BCUT2D eigenvalue weighted by atomic mass is 32.1. The zero-order valence-corrected chi connectivity index (χ0v) is 14.9. The van der Waals surface area contributed by atoms with Crippen molar-refractivity contribution < 1.29 is 14.3 Å². The number of thiazole rings is 1. The summed E-state index contributed by atoms with van der Waals surface area (Å²) in [4.78, 5) is 30.2. The minimum atomic E-state index is -0.135. The maximum atomic E-state index is 12.0. The van der Waals surface area contributed by atoms with Crippen LogP contribution in [0.4, 0.5) is 5.13 Å². The Morgan fingerprint density at radius 2 is 1.96 bits per heavy atom. The molecule has 2 aromatic rings. The molecule has 0 spiro atoms. The first-order valence-electron chi connectivity index (χ1n) is 7.64. The van der Waals surface area contributed by atoms with E-state index < -0.39 is 0 Å². The molecule has 0 aliphatic heterocycles. The number of benzene rings is 1. The van der Waals surface area contributed by atoms with Crippen LogP contribution in [0, 0.1) is 6.92 Å². The smallest absolute Gasteiger partial charge is 0.265 e. The number of aryl methyl sites for hydroxylation is 1. The molecule has 0 bridgehead atoms. The Kier molecular flexibility index (Phi) is 6.31. The van der Waals surface area contributed by atoms with Gasteiger partial charge in [-0.2, -0.15) is 0 Å². The van der Waals surface area contributed by atoms with Crippen molar-refractivity contribution in [2.45, 2.75) is 19.8 Å². The standard InChI is InChI=1S/C17H21N3O3S/c1-12-15(16(22)20(2)3)24-17(18-12)19-14(21)10-7-11-23-13-8-5-4-6-9-13/h4-6,8-9H,7,10-11H2,1-3H3,(H,18,19,21). The second-order valence-electron chi connectivity index (χ2n) is 5.45. The summed E-state index contributed by atoms with van der Waals surface area (Å²) < 4.78 is 5.54. The van der Waals surface area contributed by atoms with Gasteiger partial charge in [0, 0.05) is 20.5 Å². The van der Waals surface area contributed by atoms with Crippen molar-refractivity contribution in [3.05, 3.63) is 40.9 Å². The molecule has 1 aromatic carbocycles. The number of ether oxygens (including phenoxy) is 1. The maximum Gasteiger partial charge on any atom is 0.265 e. The Balaban J connectivity index is 1.78. The van der Waals surface area contributed by atoms with E-state index in [-0.39, 0.29) is 11.8 Å². The van der Waals surface area contributed by atoms with Crippen molar-refractivity contribution in [1.82, 2.24) is 9.88 Å². The third kappa shape index (κ3) is 5.06. The number of amides is 2. The van der Waals surface area contributed by atoms with Crippen LogP contribution in [0.2, 0.25) is 0 Å². The third-order valence-corrected chi connectivity index (χ3v) is 4.26. The first-order chi connectivity index (χ1) is 11.5. The molecule has 0 aliphatic carbocycles. The molecule has 2 amide bonds. The third-order valence-electron chi connectivity index (χ3n) is 3.20. The number of hydrogen-bond acceptors (Lipinski definition) is 5. The van der Waals surface area contributed by atoms with Gasteiger partial charge in [-0.05, 0) is 25.5 Å². The van der Waals surface area contributed by atoms with Crippen LogP contribution in [-0.2, 0) is 4.79 Å². The van der Waals surface area contributed by atoms with Gasteiger partial charge in [0.2, 0.25) is 5.91 Å². The molecule has 1 aromatic heterocycles. The van der Waals surface area contributed by atoms with Crippen LogP contribution in [0.25, 0.3) is 0 Å². The van der Waals surface area contributed by atoms with Crippen molar-refractivity contribution in [1.29, 1.82) is 0 Å². The van der Waals surface area contributed by atoms with Crippen molar-refractivity contribution in [2.24, 2.45) is 0 Å². The number of anilines is 1. The van der Waals surface area contributed by atoms with Gasteiger partial charge in [-0.1, -0.05) is 29.5 Å². The summed E-state index contributed by atoms with van der Waals surface area (Å²) in [5, 5.41) is 3.19. The Hall–Kier alpha value is -2.41. The highest BCUT2D eigenvalue weighted by Gasteiger charge is 2.17. The zero-order chi connectivity index (χ0) is 17.5. The molecule has 0 aliphatic rings. The number of carbonyl (C=O) groups is 2. The molecule has 0 saturated carbocycles. The Bertz CT molecular complexity index is 698. The minimum absolute atomic E-state index is 0.109. The molecule has 128 valence electrons. The van der Waals surface area contributed by atoms with E-state index in [4.69, 9.17) is 4.74 Å². The van der Waals surface area contributed by atoms with Crippen molar-refractivity contribution in [3.63, 3.8) is 0 Å². The number of nitrogens with zero attached hydrogens (tertiary/aromatic N) is 2. The van der Waals surface area contributed by atoms with E-state index in [1.165, 1.54) is 16.2 Å². The van der Waals surface area contributed by atoms with E-state index in [9.17, 15) is 9.59 Å². The summed E-state index contributed by atoms with van der Waals surface area (Å²) in [7, 11) is 3.37. The van der Waals surface area contributed by atoms with E-state index in [0.717, 1.165) is 5.75 Å². The predicted molar refractivity (Wildman–Crippen MR) is 94.7 cm³/mol. The Labute approximate surface area is 145 Å². The van der Waals surface area contributed by atoms with E-state index in [1.54, 1.807) is 21.0 Å². The molecule has 0 saturated heterocycles. The van der Waals surface area contributed by atoms with E-state index >= 15 is 0 Å². The van der Waals surface area contributed by atoms with Crippen LogP contribution in [-0.4, -0.2) is 42.4 Å². The van der Waals surface area contributed by atoms with Crippen molar-refractivity contribution in [3.8, 4) is 5.75 Å². The average molecular weight is 347 g/mol. The lowest BCUT2D eigenvalue weighted by Crippen LogP contribution is -2.21.